The van der Waals surface area contributed by atoms with E-state index in [1.165, 1.54) is 0 Å². The fourth-order valence-electron chi connectivity index (χ4n) is 4.43. The summed E-state index contributed by atoms with van der Waals surface area (Å²) >= 11 is 0. The van der Waals surface area contributed by atoms with Crippen molar-refractivity contribution in [2.24, 2.45) is 0 Å². The lowest BCUT2D eigenvalue weighted by molar-refractivity contribution is -0.120. The average molecular weight is 400 g/mol. The van der Waals surface area contributed by atoms with Crippen molar-refractivity contribution in [3.05, 3.63) is 58.8 Å². The monoisotopic (exact) mass is 400 g/mol. The number of nitrogens with zero attached hydrogens (tertiary/aromatic N) is 1. The maximum absolute atomic E-state index is 13.3. The van der Waals surface area contributed by atoms with E-state index in [1.807, 2.05) is 36.4 Å². The Hall–Kier alpha value is -3.26. The van der Waals surface area contributed by atoms with E-state index in [0.717, 1.165) is 46.3 Å². The van der Waals surface area contributed by atoms with Gasteiger partial charge in [-0.1, -0.05) is 32.9 Å². The minimum Gasteiger partial charge on any atom is -0.454 e. The van der Waals surface area contributed by atoms with Gasteiger partial charge < -0.3 is 14.5 Å². The SMILES string of the molecule is CC(C)(C)c1[nH]c2ccc(CC(=O)C3(c4ccc5c(c4)OCO5)CC3)cc2c1C#N. The predicted molar refractivity (Wildman–Crippen MR) is 114 cm³/mol. The normalized spacial score (nSPS) is 16.5. The topological polar surface area (TPSA) is 75.1 Å². The molecule has 2 aliphatic rings. The maximum atomic E-state index is 13.3. The summed E-state index contributed by atoms with van der Waals surface area (Å²) in [5.74, 6) is 1.66. The zero-order valence-electron chi connectivity index (χ0n) is 17.5. The standard InChI is InChI=1S/C25H24N2O3/c1-24(2,3)23-18(13-26)17-10-15(4-6-19(17)27-23)11-22(28)25(8-9-25)16-5-7-20-21(12-16)30-14-29-20/h4-7,10,12,27H,8-9,11,14H2,1-3H3. The first-order valence-corrected chi connectivity index (χ1v) is 10.3. The number of ketones is 1. The van der Waals surface area contributed by atoms with Gasteiger partial charge in [0.2, 0.25) is 6.79 Å². The number of fused-ring (bicyclic) bond motifs is 2. The van der Waals surface area contributed by atoms with Crippen LogP contribution in [0.1, 0.15) is 56.0 Å². The Morgan fingerprint density at radius 3 is 2.60 bits per heavy atom. The van der Waals surface area contributed by atoms with Crippen molar-refractivity contribution >= 4 is 16.7 Å². The van der Waals surface area contributed by atoms with Crippen LogP contribution in [0.2, 0.25) is 0 Å². The number of aromatic nitrogens is 1. The molecule has 0 bridgehead atoms. The first-order chi connectivity index (χ1) is 14.3. The highest BCUT2D eigenvalue weighted by molar-refractivity contribution is 5.96. The molecule has 1 fully saturated rings. The second-order valence-electron chi connectivity index (χ2n) is 9.37. The molecule has 0 amide bonds. The quantitative estimate of drug-likeness (QED) is 0.675. The van der Waals surface area contributed by atoms with Gasteiger partial charge in [-0.2, -0.15) is 5.26 Å². The zero-order chi connectivity index (χ0) is 21.1. The Morgan fingerprint density at radius 2 is 1.90 bits per heavy atom. The molecule has 1 saturated carbocycles. The lowest BCUT2D eigenvalue weighted by atomic mass is 9.87. The zero-order valence-corrected chi connectivity index (χ0v) is 17.5. The predicted octanol–water partition coefficient (Wildman–Crippen LogP) is 4.91. The largest absolute Gasteiger partial charge is 0.454 e. The second kappa shape index (κ2) is 6.37. The van der Waals surface area contributed by atoms with E-state index in [2.05, 4.69) is 31.8 Å². The summed E-state index contributed by atoms with van der Waals surface area (Å²) in [7, 11) is 0. The molecule has 152 valence electrons. The van der Waals surface area contributed by atoms with Gasteiger partial charge in [-0.05, 0) is 48.2 Å². The van der Waals surface area contributed by atoms with Gasteiger partial charge in [0.15, 0.2) is 11.5 Å². The van der Waals surface area contributed by atoms with Crippen LogP contribution in [0.25, 0.3) is 10.9 Å². The fraction of sp³-hybridized carbons (Fsp3) is 0.360. The van der Waals surface area contributed by atoms with Crippen LogP contribution in [-0.2, 0) is 22.0 Å². The molecule has 0 atom stereocenters. The number of nitrogens with one attached hydrogen (secondary N) is 1. The lowest BCUT2D eigenvalue weighted by Crippen LogP contribution is -2.22. The number of carbonyl (C=O) groups excluding carboxylic acids is 1. The number of hydrogen-bond donors (Lipinski definition) is 1. The van der Waals surface area contributed by atoms with E-state index in [0.29, 0.717) is 17.7 Å². The number of H-pyrrole nitrogens is 1. The van der Waals surface area contributed by atoms with Gasteiger partial charge in [0.25, 0.3) is 0 Å². The van der Waals surface area contributed by atoms with Crippen LogP contribution >= 0.6 is 0 Å². The van der Waals surface area contributed by atoms with E-state index in [9.17, 15) is 10.1 Å². The average Bonchev–Trinajstić information content (AvgIpc) is 3.24. The summed E-state index contributed by atoms with van der Waals surface area (Å²) in [5.41, 5.74) is 3.90. The van der Waals surface area contributed by atoms with Crippen molar-refractivity contribution in [2.75, 3.05) is 6.79 Å². The van der Waals surface area contributed by atoms with Gasteiger partial charge in [-0.3, -0.25) is 4.79 Å². The molecule has 0 spiro atoms. The third-order valence-electron chi connectivity index (χ3n) is 6.30. The molecule has 0 unspecified atom stereocenters. The highest BCUT2D eigenvalue weighted by atomic mass is 16.7. The van der Waals surface area contributed by atoms with Gasteiger partial charge in [0, 0.05) is 28.4 Å². The molecule has 30 heavy (non-hydrogen) atoms. The van der Waals surface area contributed by atoms with Crippen LogP contribution in [0.3, 0.4) is 0 Å². The number of ether oxygens (including phenoxy) is 2. The Morgan fingerprint density at radius 1 is 1.13 bits per heavy atom. The Balaban J connectivity index is 1.46. The summed E-state index contributed by atoms with van der Waals surface area (Å²) in [4.78, 5) is 16.7. The second-order valence-corrected chi connectivity index (χ2v) is 9.37. The molecule has 1 aromatic heterocycles. The maximum Gasteiger partial charge on any atom is 0.231 e. The molecule has 5 rings (SSSR count). The van der Waals surface area contributed by atoms with Crippen molar-refractivity contribution in [3.8, 4) is 17.6 Å². The van der Waals surface area contributed by atoms with E-state index >= 15 is 0 Å². The van der Waals surface area contributed by atoms with Gasteiger partial charge in [-0.15, -0.1) is 0 Å². The molecule has 1 aliphatic carbocycles. The van der Waals surface area contributed by atoms with Gasteiger partial charge >= 0.3 is 0 Å². The highest BCUT2D eigenvalue weighted by Crippen LogP contribution is 2.51. The van der Waals surface area contributed by atoms with E-state index in [4.69, 9.17) is 9.47 Å². The van der Waals surface area contributed by atoms with Crippen LogP contribution in [0.5, 0.6) is 11.5 Å². The number of nitriles is 1. The number of Topliss-reactive ketones (excluding diaryl/α,β-unsaturated/α-hetero) is 1. The lowest BCUT2D eigenvalue weighted by Gasteiger charge is -2.16. The summed E-state index contributed by atoms with van der Waals surface area (Å²) in [6.45, 7) is 6.50. The number of benzene rings is 2. The summed E-state index contributed by atoms with van der Waals surface area (Å²) in [6, 6.07) is 14.1. The van der Waals surface area contributed by atoms with Crippen LogP contribution < -0.4 is 9.47 Å². The van der Waals surface area contributed by atoms with E-state index in [-0.39, 0.29) is 18.0 Å². The molecule has 0 radical (unpaired) electrons. The molecule has 2 aromatic carbocycles. The number of hydrogen-bond acceptors (Lipinski definition) is 4. The molecule has 5 nitrogen and oxygen atoms in total. The molecule has 3 aromatic rings. The summed E-state index contributed by atoms with van der Waals surface area (Å²) in [5, 5.41) is 10.6. The van der Waals surface area contributed by atoms with Crippen molar-refractivity contribution in [1.29, 1.82) is 5.26 Å². The number of rotatable bonds is 4. The molecule has 1 N–H and O–H groups in total. The van der Waals surface area contributed by atoms with Crippen LogP contribution in [-0.4, -0.2) is 17.6 Å². The van der Waals surface area contributed by atoms with E-state index in [1.54, 1.807) is 0 Å². The molecule has 1 aliphatic heterocycles. The molecule has 5 heteroatoms. The fourth-order valence-corrected chi connectivity index (χ4v) is 4.43. The van der Waals surface area contributed by atoms with Crippen molar-refractivity contribution in [3.63, 3.8) is 0 Å². The van der Waals surface area contributed by atoms with Crippen LogP contribution in [0.15, 0.2) is 36.4 Å². The minimum atomic E-state index is -0.428. The van der Waals surface area contributed by atoms with Gasteiger partial charge in [0.05, 0.1) is 11.0 Å². The first-order valence-electron chi connectivity index (χ1n) is 10.3. The molecular weight excluding hydrogens is 376 g/mol. The third kappa shape index (κ3) is 2.87. The van der Waals surface area contributed by atoms with Gasteiger partial charge in [-0.25, -0.2) is 0 Å². The van der Waals surface area contributed by atoms with Crippen molar-refractivity contribution in [2.45, 2.75) is 50.9 Å². The minimum absolute atomic E-state index is 0.155. The molecular formula is C25H24N2O3. The molecule has 0 saturated heterocycles. The van der Waals surface area contributed by atoms with Crippen molar-refractivity contribution in [1.82, 2.24) is 4.98 Å². The summed E-state index contributed by atoms with van der Waals surface area (Å²) in [6.07, 6.45) is 2.07. The highest BCUT2D eigenvalue weighted by Gasteiger charge is 2.50. The Bertz CT molecular complexity index is 1220. The van der Waals surface area contributed by atoms with Crippen LogP contribution in [0, 0.1) is 11.3 Å². The first kappa shape index (κ1) is 18.7. The molecule has 2 heterocycles. The Kier molecular flexibility index (Phi) is 3.98. The van der Waals surface area contributed by atoms with Crippen molar-refractivity contribution < 1.29 is 14.3 Å². The third-order valence-corrected chi connectivity index (χ3v) is 6.30. The van der Waals surface area contributed by atoms with E-state index < -0.39 is 5.41 Å². The number of carbonyl (C=O) groups is 1. The number of aromatic amines is 1. The Labute approximate surface area is 175 Å². The summed E-state index contributed by atoms with van der Waals surface area (Å²) < 4.78 is 10.9. The van der Waals surface area contributed by atoms with Crippen LogP contribution in [0.4, 0.5) is 0 Å². The van der Waals surface area contributed by atoms with Gasteiger partial charge in [0.1, 0.15) is 11.9 Å². The smallest absolute Gasteiger partial charge is 0.231 e.